The van der Waals surface area contributed by atoms with Crippen molar-refractivity contribution in [2.45, 2.75) is 38.0 Å². The van der Waals surface area contributed by atoms with E-state index in [0.29, 0.717) is 6.10 Å². The standard InChI is InChI=1S/C11H17N3O/c1-8-3-4-10(15-8)11(12-2)9-5-13-7-14-6-9/h5-8,10-12H,3-4H2,1-2H3. The largest absolute Gasteiger partial charge is 0.373 e. The second kappa shape index (κ2) is 4.68. The van der Waals surface area contributed by atoms with Crippen LogP contribution in [0.25, 0.3) is 0 Å². The molecule has 15 heavy (non-hydrogen) atoms. The van der Waals surface area contributed by atoms with Gasteiger partial charge in [0.25, 0.3) is 0 Å². The first-order valence-corrected chi connectivity index (χ1v) is 5.39. The van der Waals surface area contributed by atoms with Crippen LogP contribution in [-0.4, -0.2) is 29.2 Å². The molecule has 1 fully saturated rings. The minimum Gasteiger partial charge on any atom is -0.373 e. The molecule has 1 aliphatic rings. The molecule has 2 rings (SSSR count). The normalized spacial score (nSPS) is 27.9. The van der Waals surface area contributed by atoms with Crippen molar-refractivity contribution in [2.75, 3.05) is 7.05 Å². The van der Waals surface area contributed by atoms with Gasteiger partial charge < -0.3 is 10.1 Å². The van der Waals surface area contributed by atoms with E-state index in [1.807, 2.05) is 19.4 Å². The highest BCUT2D eigenvalue weighted by Gasteiger charge is 2.29. The SMILES string of the molecule is CNC(c1cncnc1)C1CCC(C)O1. The average molecular weight is 207 g/mol. The van der Waals surface area contributed by atoms with Crippen molar-refractivity contribution in [3.63, 3.8) is 0 Å². The molecule has 2 heterocycles. The first-order chi connectivity index (χ1) is 7.31. The summed E-state index contributed by atoms with van der Waals surface area (Å²) in [5, 5.41) is 3.28. The lowest BCUT2D eigenvalue weighted by Gasteiger charge is -2.22. The number of rotatable bonds is 3. The minimum absolute atomic E-state index is 0.205. The van der Waals surface area contributed by atoms with Gasteiger partial charge >= 0.3 is 0 Å². The van der Waals surface area contributed by atoms with Crippen LogP contribution >= 0.6 is 0 Å². The molecule has 1 saturated heterocycles. The van der Waals surface area contributed by atoms with Crippen LogP contribution in [0.4, 0.5) is 0 Å². The molecular weight excluding hydrogens is 190 g/mol. The molecule has 1 aromatic heterocycles. The first-order valence-electron chi connectivity index (χ1n) is 5.39. The monoisotopic (exact) mass is 207 g/mol. The predicted octanol–water partition coefficient (Wildman–Crippen LogP) is 1.30. The number of hydrogen-bond acceptors (Lipinski definition) is 4. The van der Waals surface area contributed by atoms with Crippen molar-refractivity contribution in [2.24, 2.45) is 0 Å². The van der Waals surface area contributed by atoms with Crippen molar-refractivity contribution < 1.29 is 4.74 Å². The third-order valence-corrected chi connectivity index (χ3v) is 2.89. The van der Waals surface area contributed by atoms with Gasteiger partial charge in [-0.2, -0.15) is 0 Å². The summed E-state index contributed by atoms with van der Waals surface area (Å²) in [6.07, 6.45) is 8.10. The number of ether oxygens (including phenoxy) is 1. The van der Waals surface area contributed by atoms with Crippen LogP contribution in [0.5, 0.6) is 0 Å². The smallest absolute Gasteiger partial charge is 0.115 e. The van der Waals surface area contributed by atoms with Crippen LogP contribution in [0.2, 0.25) is 0 Å². The summed E-state index contributed by atoms with van der Waals surface area (Å²) in [5.74, 6) is 0. The summed E-state index contributed by atoms with van der Waals surface area (Å²) in [7, 11) is 1.95. The Morgan fingerprint density at radius 2 is 2.13 bits per heavy atom. The molecule has 0 aliphatic carbocycles. The van der Waals surface area contributed by atoms with Gasteiger partial charge in [-0.15, -0.1) is 0 Å². The fraction of sp³-hybridized carbons (Fsp3) is 0.636. The third kappa shape index (κ3) is 2.33. The Labute approximate surface area is 90.1 Å². The van der Waals surface area contributed by atoms with Crippen LogP contribution < -0.4 is 5.32 Å². The molecule has 1 aliphatic heterocycles. The molecule has 82 valence electrons. The van der Waals surface area contributed by atoms with Gasteiger partial charge in [-0.25, -0.2) is 9.97 Å². The maximum absolute atomic E-state index is 5.85. The number of aromatic nitrogens is 2. The Bertz CT molecular complexity index is 304. The van der Waals surface area contributed by atoms with E-state index in [4.69, 9.17) is 4.74 Å². The molecule has 3 atom stereocenters. The zero-order valence-corrected chi connectivity index (χ0v) is 9.18. The molecule has 4 heteroatoms. The van der Waals surface area contributed by atoms with Gasteiger partial charge in [-0.3, -0.25) is 0 Å². The van der Waals surface area contributed by atoms with E-state index in [0.717, 1.165) is 18.4 Å². The van der Waals surface area contributed by atoms with Gasteiger partial charge in [0, 0.05) is 18.0 Å². The van der Waals surface area contributed by atoms with Crippen LogP contribution in [-0.2, 0) is 4.74 Å². The molecule has 0 radical (unpaired) electrons. The topological polar surface area (TPSA) is 47.0 Å². The number of nitrogens with one attached hydrogen (secondary N) is 1. The fourth-order valence-electron chi connectivity index (χ4n) is 2.12. The second-order valence-corrected chi connectivity index (χ2v) is 4.00. The summed E-state index contributed by atoms with van der Waals surface area (Å²) >= 11 is 0. The highest BCUT2D eigenvalue weighted by Crippen LogP contribution is 2.29. The minimum atomic E-state index is 0.205. The number of nitrogens with zero attached hydrogens (tertiary/aromatic N) is 2. The van der Waals surface area contributed by atoms with E-state index in [1.54, 1.807) is 6.33 Å². The third-order valence-electron chi connectivity index (χ3n) is 2.89. The Hall–Kier alpha value is -1.00. The van der Waals surface area contributed by atoms with Gasteiger partial charge in [0.2, 0.25) is 0 Å². The van der Waals surface area contributed by atoms with Crippen LogP contribution in [0.1, 0.15) is 31.4 Å². The highest BCUT2D eigenvalue weighted by atomic mass is 16.5. The molecule has 0 amide bonds. The molecule has 0 aromatic carbocycles. The molecular formula is C11H17N3O. The highest BCUT2D eigenvalue weighted by molar-refractivity contribution is 5.11. The predicted molar refractivity (Wildman–Crippen MR) is 57.4 cm³/mol. The summed E-state index contributed by atoms with van der Waals surface area (Å²) in [6.45, 7) is 2.12. The average Bonchev–Trinajstić information content (AvgIpc) is 2.68. The van der Waals surface area contributed by atoms with Gasteiger partial charge in [0.05, 0.1) is 18.2 Å². The lowest BCUT2D eigenvalue weighted by atomic mass is 10.0. The van der Waals surface area contributed by atoms with Crippen molar-refractivity contribution in [1.29, 1.82) is 0 Å². The summed E-state index contributed by atoms with van der Waals surface area (Å²) in [4.78, 5) is 8.07. The van der Waals surface area contributed by atoms with Gasteiger partial charge in [-0.1, -0.05) is 0 Å². The lowest BCUT2D eigenvalue weighted by molar-refractivity contribution is 0.0332. The first kappa shape index (κ1) is 10.5. The molecule has 0 saturated carbocycles. The van der Waals surface area contributed by atoms with Crippen molar-refractivity contribution >= 4 is 0 Å². The maximum Gasteiger partial charge on any atom is 0.115 e. The Morgan fingerprint density at radius 1 is 1.40 bits per heavy atom. The van der Waals surface area contributed by atoms with Crippen molar-refractivity contribution in [3.05, 3.63) is 24.3 Å². The molecule has 0 spiro atoms. The van der Waals surface area contributed by atoms with Gasteiger partial charge in [-0.05, 0) is 26.8 Å². The molecule has 1 aromatic rings. The van der Waals surface area contributed by atoms with E-state index in [-0.39, 0.29) is 12.1 Å². The van der Waals surface area contributed by atoms with Crippen LogP contribution in [0.15, 0.2) is 18.7 Å². The van der Waals surface area contributed by atoms with E-state index in [9.17, 15) is 0 Å². The maximum atomic E-state index is 5.85. The summed E-state index contributed by atoms with van der Waals surface area (Å²) in [6, 6.07) is 0.205. The summed E-state index contributed by atoms with van der Waals surface area (Å²) in [5.41, 5.74) is 1.10. The van der Waals surface area contributed by atoms with Gasteiger partial charge in [0.1, 0.15) is 6.33 Å². The molecule has 0 bridgehead atoms. The number of likely N-dealkylation sites (N-methyl/N-ethyl adjacent to an activating group) is 1. The van der Waals surface area contributed by atoms with Crippen LogP contribution in [0.3, 0.4) is 0 Å². The van der Waals surface area contributed by atoms with E-state index in [1.165, 1.54) is 0 Å². The van der Waals surface area contributed by atoms with E-state index < -0.39 is 0 Å². The number of hydrogen-bond donors (Lipinski definition) is 1. The van der Waals surface area contributed by atoms with E-state index in [2.05, 4.69) is 22.2 Å². The Balaban J connectivity index is 2.11. The zero-order valence-electron chi connectivity index (χ0n) is 9.18. The molecule has 4 nitrogen and oxygen atoms in total. The molecule has 1 N–H and O–H groups in total. The summed E-state index contributed by atoms with van der Waals surface area (Å²) < 4.78 is 5.85. The van der Waals surface area contributed by atoms with Crippen LogP contribution in [0, 0.1) is 0 Å². The van der Waals surface area contributed by atoms with Gasteiger partial charge in [0.15, 0.2) is 0 Å². The Morgan fingerprint density at radius 3 is 2.67 bits per heavy atom. The van der Waals surface area contributed by atoms with Crippen molar-refractivity contribution in [3.8, 4) is 0 Å². The second-order valence-electron chi connectivity index (χ2n) is 4.00. The lowest BCUT2D eigenvalue weighted by Crippen LogP contribution is -2.29. The quantitative estimate of drug-likeness (QED) is 0.811. The Kier molecular flexibility index (Phi) is 3.28. The molecule has 3 unspecified atom stereocenters. The van der Waals surface area contributed by atoms with E-state index >= 15 is 0 Å². The fourth-order valence-corrected chi connectivity index (χ4v) is 2.12. The van der Waals surface area contributed by atoms with Crippen molar-refractivity contribution in [1.82, 2.24) is 15.3 Å². The zero-order chi connectivity index (χ0) is 10.7.